The van der Waals surface area contributed by atoms with E-state index < -0.39 is 5.95 Å². The molecule has 1 aliphatic rings. The highest BCUT2D eigenvalue weighted by molar-refractivity contribution is 6.42. The lowest BCUT2D eigenvalue weighted by atomic mass is 9.98. The van der Waals surface area contributed by atoms with E-state index in [-0.39, 0.29) is 24.9 Å². The third kappa shape index (κ3) is 5.96. The number of halogens is 3. The maximum absolute atomic E-state index is 13.6. The Morgan fingerprint density at radius 1 is 1.06 bits per heavy atom. The van der Waals surface area contributed by atoms with Gasteiger partial charge in [-0.3, -0.25) is 9.59 Å². The van der Waals surface area contributed by atoms with E-state index in [4.69, 9.17) is 23.2 Å². The maximum Gasteiger partial charge on any atom is 0.268 e. The fourth-order valence-electron chi connectivity index (χ4n) is 3.72. The van der Waals surface area contributed by atoms with Gasteiger partial charge >= 0.3 is 0 Å². The lowest BCUT2D eigenvalue weighted by Crippen LogP contribution is -2.35. The smallest absolute Gasteiger partial charge is 0.268 e. The molecule has 2 N–H and O–H groups in total. The summed E-state index contributed by atoms with van der Waals surface area (Å²) in [5.41, 5.74) is 3.92. The number of guanidine groups is 1. The summed E-state index contributed by atoms with van der Waals surface area (Å²) in [5, 5.41) is 6.87. The number of hydrogen-bond acceptors (Lipinski definition) is 5. The van der Waals surface area contributed by atoms with Crippen molar-refractivity contribution in [3.05, 3.63) is 86.9 Å². The van der Waals surface area contributed by atoms with Crippen LogP contribution in [0.5, 0.6) is 0 Å². The van der Waals surface area contributed by atoms with Gasteiger partial charge in [0.1, 0.15) is 6.54 Å². The second-order valence-electron chi connectivity index (χ2n) is 8.16. The summed E-state index contributed by atoms with van der Waals surface area (Å²) >= 11 is 12.0. The van der Waals surface area contributed by atoms with E-state index in [1.807, 2.05) is 6.07 Å². The summed E-state index contributed by atoms with van der Waals surface area (Å²) in [6.45, 7) is 2.51. The van der Waals surface area contributed by atoms with Crippen molar-refractivity contribution in [3.8, 4) is 11.1 Å². The first-order valence-electron chi connectivity index (χ1n) is 10.8. The van der Waals surface area contributed by atoms with Gasteiger partial charge in [-0.25, -0.2) is 4.98 Å². The molecule has 4 rings (SSSR count). The predicted molar refractivity (Wildman–Crippen MR) is 134 cm³/mol. The van der Waals surface area contributed by atoms with Crippen molar-refractivity contribution in [1.29, 1.82) is 0 Å². The number of nitrogens with one attached hydrogen (secondary N) is 2. The molecule has 2 heterocycles. The molecular formula is C25H22Cl2FN5O2. The number of hydrogen-bond donors (Lipinski definition) is 2. The number of aliphatic imine (C=N–C) groups is 1. The largest absolute Gasteiger partial charge is 0.352 e. The summed E-state index contributed by atoms with van der Waals surface area (Å²) in [5.74, 6) is -0.627. The Hall–Kier alpha value is -3.49. The molecule has 0 spiro atoms. The van der Waals surface area contributed by atoms with Crippen LogP contribution >= 0.6 is 23.2 Å². The number of aryl methyl sites for hydroxylation is 1. The zero-order valence-corrected chi connectivity index (χ0v) is 20.5. The molecule has 3 aromatic rings. The molecule has 1 aromatic heterocycles. The van der Waals surface area contributed by atoms with Crippen molar-refractivity contribution in [2.75, 3.05) is 13.6 Å². The second-order valence-corrected chi connectivity index (χ2v) is 8.97. The Morgan fingerprint density at radius 2 is 1.86 bits per heavy atom. The topological polar surface area (TPSA) is 86.7 Å². The van der Waals surface area contributed by atoms with Gasteiger partial charge in [0.15, 0.2) is 0 Å². The number of carbonyl (C=O) groups is 2. The Kier molecular flexibility index (Phi) is 7.33. The normalized spacial score (nSPS) is 13.1. The number of likely N-dealkylation sites (N-methyl/N-ethyl adjacent to an activating group) is 1. The fourth-order valence-corrected chi connectivity index (χ4v) is 4.04. The zero-order chi connectivity index (χ0) is 25.1. The number of carbonyl (C=O) groups excluding carboxylic acids is 2. The van der Waals surface area contributed by atoms with Crippen LogP contribution < -0.4 is 10.6 Å². The van der Waals surface area contributed by atoms with Crippen molar-refractivity contribution in [2.45, 2.75) is 20.0 Å². The quantitative estimate of drug-likeness (QED) is 0.478. The Morgan fingerprint density at radius 3 is 2.54 bits per heavy atom. The van der Waals surface area contributed by atoms with Crippen LogP contribution in [0.15, 0.2) is 53.5 Å². The zero-order valence-electron chi connectivity index (χ0n) is 19.0. The Balaban J connectivity index is 1.60. The van der Waals surface area contributed by atoms with Gasteiger partial charge in [-0.15, -0.1) is 0 Å². The van der Waals surface area contributed by atoms with Gasteiger partial charge in [-0.1, -0.05) is 29.3 Å². The molecule has 0 atom stereocenters. The molecular weight excluding hydrogens is 492 g/mol. The van der Waals surface area contributed by atoms with Crippen LogP contribution in [0.25, 0.3) is 11.1 Å². The van der Waals surface area contributed by atoms with E-state index in [0.29, 0.717) is 44.9 Å². The molecule has 0 saturated carbocycles. The molecule has 0 bridgehead atoms. The van der Waals surface area contributed by atoms with Crippen LogP contribution in [0.1, 0.15) is 27.2 Å². The summed E-state index contributed by atoms with van der Waals surface area (Å²) in [6, 6.07) is 13.5. The molecule has 2 aromatic carbocycles. The molecule has 0 fully saturated rings. The van der Waals surface area contributed by atoms with Gasteiger partial charge in [-0.05, 0) is 66.1 Å². The summed E-state index contributed by atoms with van der Waals surface area (Å²) in [4.78, 5) is 34.2. The lowest BCUT2D eigenvalue weighted by molar-refractivity contribution is -0.116. The van der Waals surface area contributed by atoms with Gasteiger partial charge in [0.25, 0.3) is 11.8 Å². The number of aromatic nitrogens is 1. The Bertz CT molecular complexity index is 1350. The molecule has 0 radical (unpaired) electrons. The van der Waals surface area contributed by atoms with Crippen molar-refractivity contribution in [1.82, 2.24) is 20.5 Å². The van der Waals surface area contributed by atoms with Crippen LogP contribution in [-0.4, -0.2) is 41.3 Å². The third-order valence-corrected chi connectivity index (χ3v) is 6.21. The molecule has 1 aliphatic heterocycles. The first-order valence-corrected chi connectivity index (χ1v) is 11.5. The number of nitrogens with zero attached hydrogens (tertiary/aromatic N) is 3. The van der Waals surface area contributed by atoms with Crippen molar-refractivity contribution in [3.63, 3.8) is 0 Å². The maximum atomic E-state index is 13.6. The van der Waals surface area contributed by atoms with Gasteiger partial charge in [0.05, 0.1) is 10.0 Å². The highest BCUT2D eigenvalue weighted by atomic mass is 35.5. The minimum atomic E-state index is -0.574. The minimum Gasteiger partial charge on any atom is -0.352 e. The molecule has 0 saturated heterocycles. The molecule has 2 amide bonds. The van der Waals surface area contributed by atoms with Gasteiger partial charge in [0.2, 0.25) is 11.9 Å². The third-order valence-electron chi connectivity index (χ3n) is 5.47. The SMILES string of the molecule is Cc1nc(F)ccc1-c1cc(CNC2=NC(=O)CN2C)cc(C(=O)NCc2ccc(Cl)c(Cl)c2)c1. The van der Waals surface area contributed by atoms with Crippen LogP contribution in [-0.2, 0) is 17.9 Å². The molecule has 0 aliphatic carbocycles. The monoisotopic (exact) mass is 513 g/mol. The Labute approximate surface area is 212 Å². The van der Waals surface area contributed by atoms with E-state index in [1.54, 1.807) is 55.3 Å². The molecule has 0 unspecified atom stereocenters. The van der Waals surface area contributed by atoms with Crippen molar-refractivity contribution < 1.29 is 14.0 Å². The summed E-state index contributed by atoms with van der Waals surface area (Å²) in [6.07, 6.45) is 0. The predicted octanol–water partition coefficient (Wildman–Crippen LogP) is 4.35. The number of pyridine rings is 1. The average Bonchev–Trinajstić information content (AvgIpc) is 3.14. The van der Waals surface area contributed by atoms with E-state index >= 15 is 0 Å². The van der Waals surface area contributed by atoms with Gasteiger partial charge in [0, 0.05) is 37.0 Å². The van der Waals surface area contributed by atoms with E-state index in [0.717, 1.165) is 11.1 Å². The van der Waals surface area contributed by atoms with Crippen LogP contribution in [0, 0.1) is 12.9 Å². The van der Waals surface area contributed by atoms with Crippen molar-refractivity contribution >= 4 is 41.0 Å². The van der Waals surface area contributed by atoms with Crippen LogP contribution in [0.3, 0.4) is 0 Å². The van der Waals surface area contributed by atoms with E-state index in [9.17, 15) is 14.0 Å². The van der Waals surface area contributed by atoms with Crippen molar-refractivity contribution in [2.24, 2.45) is 4.99 Å². The molecule has 10 heteroatoms. The standard InChI is InChI=1S/C25H22Cl2FN5O2/c1-14-19(4-6-22(28)31-14)17-7-16(12-30-25-32-23(34)13-33(25)2)8-18(10-17)24(35)29-11-15-3-5-20(26)21(27)9-15/h3-10H,11-13H2,1-2H3,(H,29,35)(H,30,32,34). The molecule has 7 nitrogen and oxygen atoms in total. The number of rotatable bonds is 6. The van der Waals surface area contributed by atoms with E-state index in [2.05, 4.69) is 20.6 Å². The van der Waals surface area contributed by atoms with E-state index in [1.165, 1.54) is 6.07 Å². The highest BCUT2D eigenvalue weighted by Crippen LogP contribution is 2.26. The fraction of sp³-hybridized carbons (Fsp3) is 0.200. The van der Waals surface area contributed by atoms with Gasteiger partial charge < -0.3 is 15.5 Å². The molecule has 35 heavy (non-hydrogen) atoms. The average molecular weight is 514 g/mol. The minimum absolute atomic E-state index is 0.213. The van der Waals surface area contributed by atoms with Crippen LogP contribution in [0.4, 0.5) is 4.39 Å². The lowest BCUT2D eigenvalue weighted by Gasteiger charge is -2.16. The van der Waals surface area contributed by atoms with Gasteiger partial charge in [-0.2, -0.15) is 9.38 Å². The first-order chi connectivity index (χ1) is 16.7. The van der Waals surface area contributed by atoms with Crippen LogP contribution in [0.2, 0.25) is 10.0 Å². The number of amides is 2. The summed E-state index contributed by atoms with van der Waals surface area (Å²) < 4.78 is 13.6. The first kappa shape index (κ1) is 24.6. The highest BCUT2D eigenvalue weighted by Gasteiger charge is 2.19. The number of benzene rings is 2. The summed E-state index contributed by atoms with van der Waals surface area (Å²) in [7, 11) is 1.77. The second kappa shape index (κ2) is 10.4. The molecule has 180 valence electrons.